The molecule has 0 radical (unpaired) electrons. The summed E-state index contributed by atoms with van der Waals surface area (Å²) in [6, 6.07) is -0.0291. The first-order chi connectivity index (χ1) is 9.81. The Morgan fingerprint density at radius 1 is 1.40 bits per heavy atom. The molecule has 1 aliphatic heterocycles. The Bertz CT molecular complexity index is 611. The zero-order valence-corrected chi connectivity index (χ0v) is 11.7. The second kappa shape index (κ2) is 4.59. The predicted octanol–water partition coefficient (Wildman–Crippen LogP) is 2.41. The number of carbonyl (C=O) groups excluding carboxylic acids is 1. The van der Waals surface area contributed by atoms with Gasteiger partial charge in [-0.15, -0.1) is 11.3 Å². The van der Waals surface area contributed by atoms with Gasteiger partial charge in [0, 0.05) is 24.7 Å². The van der Waals surface area contributed by atoms with Gasteiger partial charge in [-0.05, 0) is 24.7 Å². The van der Waals surface area contributed by atoms with Crippen LogP contribution in [0.2, 0.25) is 0 Å². The lowest BCUT2D eigenvalue weighted by Gasteiger charge is -2.27. The number of nitrogens with zero attached hydrogens (tertiary/aromatic N) is 3. The van der Waals surface area contributed by atoms with E-state index < -0.39 is 0 Å². The third-order valence-corrected chi connectivity index (χ3v) is 5.09. The fraction of sp³-hybridized carbons (Fsp3) is 0.462. The van der Waals surface area contributed by atoms with Gasteiger partial charge in [-0.2, -0.15) is 5.10 Å². The molecular weight excluding hydrogens is 274 g/mol. The van der Waals surface area contributed by atoms with Crippen molar-refractivity contribution in [2.45, 2.75) is 12.8 Å². The normalized spacial score (nSPS) is 24.3. The smallest absolute Gasteiger partial charge is 0.321 e. The third kappa shape index (κ3) is 1.89. The molecule has 1 aliphatic carbocycles. The zero-order valence-electron chi connectivity index (χ0n) is 10.9. The summed E-state index contributed by atoms with van der Waals surface area (Å²) in [5.41, 5.74) is 1.47. The molecule has 4 rings (SSSR count). The molecule has 1 saturated heterocycles. The Hall–Kier alpha value is -1.89. The van der Waals surface area contributed by atoms with Gasteiger partial charge in [0.15, 0.2) is 0 Å². The van der Waals surface area contributed by atoms with Crippen LogP contribution < -0.4 is 5.32 Å². The minimum atomic E-state index is -0.0291. The van der Waals surface area contributed by atoms with Gasteiger partial charge in [0.1, 0.15) is 10.7 Å². The molecular formula is C13H15N5OS. The van der Waals surface area contributed by atoms with Crippen LogP contribution >= 0.6 is 11.3 Å². The Labute approximate surface area is 120 Å². The van der Waals surface area contributed by atoms with Crippen LogP contribution in [0.25, 0.3) is 10.7 Å². The first-order valence-electron chi connectivity index (χ1n) is 6.80. The van der Waals surface area contributed by atoms with Crippen molar-refractivity contribution in [2.75, 3.05) is 18.4 Å². The summed E-state index contributed by atoms with van der Waals surface area (Å²) < 4.78 is 0. The van der Waals surface area contributed by atoms with Gasteiger partial charge < -0.3 is 10.2 Å². The molecule has 0 unspecified atom stereocenters. The van der Waals surface area contributed by atoms with Gasteiger partial charge in [-0.1, -0.05) is 0 Å². The van der Waals surface area contributed by atoms with Crippen molar-refractivity contribution in [3.05, 3.63) is 17.8 Å². The van der Waals surface area contributed by atoms with E-state index in [-0.39, 0.29) is 6.03 Å². The average molecular weight is 289 g/mol. The number of urea groups is 1. The standard InChI is InChI=1S/C13H15N5OS/c19-13(18-6-8-1-2-9(8)7-18)16-10-5-15-17-11(10)12-14-3-4-20-12/h3-5,8-9H,1-2,6-7H2,(H,15,17)(H,16,19)/t8-,9+. The number of thiazole rings is 1. The predicted molar refractivity (Wildman–Crippen MR) is 76.5 cm³/mol. The third-order valence-electron chi connectivity index (χ3n) is 4.30. The molecule has 3 heterocycles. The molecule has 2 fully saturated rings. The van der Waals surface area contributed by atoms with E-state index in [4.69, 9.17) is 0 Å². The lowest BCUT2D eigenvalue weighted by molar-refractivity contribution is 0.221. The Morgan fingerprint density at radius 2 is 2.20 bits per heavy atom. The quantitative estimate of drug-likeness (QED) is 0.891. The summed E-state index contributed by atoms with van der Waals surface area (Å²) >= 11 is 1.52. The summed E-state index contributed by atoms with van der Waals surface area (Å²) in [7, 11) is 0. The van der Waals surface area contributed by atoms with Crippen LogP contribution in [-0.4, -0.2) is 39.2 Å². The number of amides is 2. The number of anilines is 1. The van der Waals surface area contributed by atoms with Crippen molar-refractivity contribution < 1.29 is 4.79 Å². The number of aromatic amines is 1. The van der Waals surface area contributed by atoms with Crippen LogP contribution in [0.4, 0.5) is 10.5 Å². The molecule has 6 nitrogen and oxygen atoms in total. The summed E-state index contributed by atoms with van der Waals surface area (Å²) in [5.74, 6) is 1.45. The first kappa shape index (κ1) is 11.9. The molecule has 2 aliphatic rings. The number of nitrogens with one attached hydrogen (secondary N) is 2. The van der Waals surface area contributed by atoms with Crippen LogP contribution in [0.1, 0.15) is 12.8 Å². The molecule has 2 N–H and O–H groups in total. The fourth-order valence-corrected chi connectivity index (χ4v) is 3.66. The highest BCUT2D eigenvalue weighted by Gasteiger charge is 2.41. The van der Waals surface area contributed by atoms with E-state index in [0.29, 0.717) is 5.69 Å². The van der Waals surface area contributed by atoms with Gasteiger partial charge in [0.05, 0.1) is 11.9 Å². The van der Waals surface area contributed by atoms with Gasteiger partial charge in [0.25, 0.3) is 0 Å². The number of rotatable bonds is 2. The van der Waals surface area contributed by atoms with Gasteiger partial charge in [-0.25, -0.2) is 9.78 Å². The maximum absolute atomic E-state index is 12.3. The largest absolute Gasteiger partial charge is 0.324 e. The van der Waals surface area contributed by atoms with E-state index in [2.05, 4.69) is 20.5 Å². The first-order valence-corrected chi connectivity index (χ1v) is 7.68. The number of likely N-dealkylation sites (tertiary alicyclic amines) is 1. The molecule has 1 saturated carbocycles. The van der Waals surface area contributed by atoms with Gasteiger partial charge >= 0.3 is 6.03 Å². The number of hydrogen-bond donors (Lipinski definition) is 2. The molecule has 2 aromatic rings. The number of aromatic nitrogens is 3. The average Bonchev–Trinajstić information content (AvgIpc) is 3.10. The minimum absolute atomic E-state index is 0.0291. The second-order valence-electron chi connectivity index (χ2n) is 5.43. The molecule has 20 heavy (non-hydrogen) atoms. The molecule has 7 heteroatoms. The van der Waals surface area contributed by atoms with Crippen LogP contribution in [0, 0.1) is 11.8 Å². The van der Waals surface area contributed by atoms with E-state index in [1.807, 2.05) is 10.3 Å². The highest BCUT2D eigenvalue weighted by Crippen LogP contribution is 2.40. The topological polar surface area (TPSA) is 73.9 Å². The van der Waals surface area contributed by atoms with E-state index in [9.17, 15) is 4.79 Å². The van der Waals surface area contributed by atoms with Crippen molar-refractivity contribution in [1.82, 2.24) is 20.1 Å². The molecule has 2 amide bonds. The summed E-state index contributed by atoms with van der Waals surface area (Å²) in [5, 5.41) is 12.6. The van der Waals surface area contributed by atoms with E-state index in [1.54, 1.807) is 12.4 Å². The maximum atomic E-state index is 12.3. The van der Waals surface area contributed by atoms with Crippen LogP contribution in [-0.2, 0) is 0 Å². The number of hydrogen-bond acceptors (Lipinski definition) is 4. The van der Waals surface area contributed by atoms with E-state index in [1.165, 1.54) is 24.2 Å². The monoisotopic (exact) mass is 289 g/mol. The van der Waals surface area contributed by atoms with Crippen molar-refractivity contribution in [3.63, 3.8) is 0 Å². The summed E-state index contributed by atoms with van der Waals surface area (Å²) in [4.78, 5) is 18.5. The van der Waals surface area contributed by atoms with Crippen LogP contribution in [0.3, 0.4) is 0 Å². The van der Waals surface area contributed by atoms with Crippen molar-refractivity contribution in [1.29, 1.82) is 0 Å². The van der Waals surface area contributed by atoms with Crippen molar-refractivity contribution >= 4 is 23.1 Å². The second-order valence-corrected chi connectivity index (χ2v) is 6.32. The molecule has 0 bridgehead atoms. The van der Waals surface area contributed by atoms with Gasteiger partial charge in [0.2, 0.25) is 0 Å². The van der Waals surface area contributed by atoms with Crippen LogP contribution in [0.5, 0.6) is 0 Å². The van der Waals surface area contributed by atoms with Crippen molar-refractivity contribution in [2.24, 2.45) is 11.8 Å². The number of carbonyl (C=O) groups is 1. The fourth-order valence-electron chi connectivity index (χ4n) is 3.01. The SMILES string of the molecule is O=C(Nc1cn[nH]c1-c1nccs1)N1C[C@H]2CC[C@H]2C1. The lowest BCUT2D eigenvalue weighted by atomic mass is 9.77. The highest BCUT2D eigenvalue weighted by atomic mass is 32.1. The molecule has 0 aromatic carbocycles. The Balaban J connectivity index is 1.49. The molecule has 2 atom stereocenters. The molecule has 104 valence electrons. The zero-order chi connectivity index (χ0) is 13.5. The van der Waals surface area contributed by atoms with E-state index in [0.717, 1.165) is 35.6 Å². The lowest BCUT2D eigenvalue weighted by Crippen LogP contribution is -2.32. The Kier molecular flexibility index (Phi) is 2.73. The Morgan fingerprint density at radius 3 is 2.85 bits per heavy atom. The summed E-state index contributed by atoms with van der Waals surface area (Å²) in [6.07, 6.45) is 5.92. The highest BCUT2D eigenvalue weighted by molar-refractivity contribution is 7.13. The van der Waals surface area contributed by atoms with Crippen molar-refractivity contribution in [3.8, 4) is 10.7 Å². The number of H-pyrrole nitrogens is 1. The minimum Gasteiger partial charge on any atom is -0.324 e. The number of fused-ring (bicyclic) bond motifs is 1. The summed E-state index contributed by atoms with van der Waals surface area (Å²) in [6.45, 7) is 1.78. The van der Waals surface area contributed by atoms with Gasteiger partial charge in [-0.3, -0.25) is 5.10 Å². The van der Waals surface area contributed by atoms with Crippen LogP contribution in [0.15, 0.2) is 17.8 Å². The van der Waals surface area contributed by atoms with E-state index >= 15 is 0 Å². The molecule has 2 aromatic heterocycles. The maximum Gasteiger partial charge on any atom is 0.321 e. The molecule has 0 spiro atoms.